The molecule has 1 N–H and O–H groups in total. The number of likely N-dealkylation sites (N-methyl/N-ethyl adjacent to an activating group) is 1. The van der Waals surface area contributed by atoms with Crippen LogP contribution in [0.4, 0.5) is 0 Å². The first-order valence-electron chi connectivity index (χ1n) is 10.2. The molecule has 1 aliphatic heterocycles. The quantitative estimate of drug-likeness (QED) is 0.775. The molecule has 24 heavy (non-hydrogen) atoms. The molecule has 1 heterocycles. The summed E-state index contributed by atoms with van der Waals surface area (Å²) < 4.78 is 11.2. The second-order valence-corrected chi connectivity index (χ2v) is 9.41. The maximum absolute atomic E-state index is 10.4. The Labute approximate surface area is 146 Å². The average molecular weight is 338 g/mol. The van der Waals surface area contributed by atoms with E-state index in [0.29, 0.717) is 12.0 Å². The molecule has 4 saturated carbocycles. The lowest BCUT2D eigenvalue weighted by atomic mass is 9.49. The molecule has 4 bridgehead atoms. The summed E-state index contributed by atoms with van der Waals surface area (Å²) in [6.07, 6.45) is 10.7. The number of rotatable bonds is 7. The first-order chi connectivity index (χ1) is 11.6. The molecule has 5 rings (SSSR count). The van der Waals surface area contributed by atoms with Crippen molar-refractivity contribution in [3.63, 3.8) is 0 Å². The SMILES string of the molecule is CN(CC(O)COC1CCOCC1)CC12CC3CC(CC(C3)C1)C2. The van der Waals surface area contributed by atoms with E-state index in [4.69, 9.17) is 9.47 Å². The highest BCUT2D eigenvalue weighted by atomic mass is 16.5. The van der Waals surface area contributed by atoms with Gasteiger partial charge in [-0.1, -0.05) is 0 Å². The highest BCUT2D eigenvalue weighted by Gasteiger charge is 2.51. The third kappa shape index (κ3) is 3.98. The van der Waals surface area contributed by atoms with Crippen molar-refractivity contribution < 1.29 is 14.6 Å². The van der Waals surface area contributed by atoms with Gasteiger partial charge in [0.15, 0.2) is 0 Å². The van der Waals surface area contributed by atoms with Gasteiger partial charge < -0.3 is 19.5 Å². The van der Waals surface area contributed by atoms with Crippen molar-refractivity contribution in [1.82, 2.24) is 4.90 Å². The van der Waals surface area contributed by atoms with Gasteiger partial charge in [-0.3, -0.25) is 0 Å². The number of nitrogens with zero attached hydrogens (tertiary/aromatic N) is 1. The zero-order valence-electron chi connectivity index (χ0n) is 15.3. The summed E-state index contributed by atoms with van der Waals surface area (Å²) in [4.78, 5) is 2.38. The molecule has 0 amide bonds. The second-order valence-electron chi connectivity index (χ2n) is 9.41. The van der Waals surface area contributed by atoms with Gasteiger partial charge in [-0.25, -0.2) is 0 Å². The summed E-state index contributed by atoms with van der Waals surface area (Å²) in [5, 5.41) is 10.4. The summed E-state index contributed by atoms with van der Waals surface area (Å²) in [7, 11) is 2.19. The molecule has 1 atom stereocenters. The summed E-state index contributed by atoms with van der Waals surface area (Å²) in [6, 6.07) is 0. The lowest BCUT2D eigenvalue weighted by Crippen LogP contribution is -2.51. The van der Waals surface area contributed by atoms with E-state index in [9.17, 15) is 5.11 Å². The molecule has 0 aromatic heterocycles. The van der Waals surface area contributed by atoms with Crippen LogP contribution in [0.25, 0.3) is 0 Å². The van der Waals surface area contributed by atoms with Gasteiger partial charge in [-0.05, 0) is 81.6 Å². The lowest BCUT2D eigenvalue weighted by molar-refractivity contribution is -0.0809. The van der Waals surface area contributed by atoms with Crippen molar-refractivity contribution in [2.45, 2.75) is 63.6 Å². The largest absolute Gasteiger partial charge is 0.389 e. The summed E-state index contributed by atoms with van der Waals surface area (Å²) in [5.74, 6) is 3.02. The van der Waals surface area contributed by atoms with Crippen molar-refractivity contribution >= 4 is 0 Å². The Balaban J connectivity index is 1.22. The summed E-state index contributed by atoms with van der Waals surface area (Å²) >= 11 is 0. The minimum Gasteiger partial charge on any atom is -0.389 e. The van der Waals surface area contributed by atoms with E-state index in [2.05, 4.69) is 11.9 Å². The predicted molar refractivity (Wildman–Crippen MR) is 93.9 cm³/mol. The highest BCUT2D eigenvalue weighted by Crippen LogP contribution is 2.60. The molecule has 5 fully saturated rings. The third-order valence-corrected chi connectivity index (χ3v) is 6.99. The van der Waals surface area contributed by atoms with Crippen LogP contribution >= 0.6 is 0 Å². The van der Waals surface area contributed by atoms with Gasteiger partial charge >= 0.3 is 0 Å². The van der Waals surface area contributed by atoms with E-state index in [-0.39, 0.29) is 12.2 Å². The Morgan fingerprint density at radius 1 is 1.08 bits per heavy atom. The minimum atomic E-state index is -0.369. The van der Waals surface area contributed by atoms with E-state index in [1.54, 1.807) is 0 Å². The maximum atomic E-state index is 10.4. The monoisotopic (exact) mass is 337 g/mol. The van der Waals surface area contributed by atoms with Crippen LogP contribution in [0.3, 0.4) is 0 Å². The van der Waals surface area contributed by atoms with Crippen LogP contribution in [0.2, 0.25) is 0 Å². The molecular formula is C20H35NO3. The molecule has 0 aromatic rings. The summed E-state index contributed by atoms with van der Waals surface area (Å²) in [6.45, 7) is 3.98. The van der Waals surface area contributed by atoms with E-state index < -0.39 is 0 Å². The van der Waals surface area contributed by atoms with Gasteiger partial charge in [0.1, 0.15) is 0 Å². The lowest BCUT2D eigenvalue weighted by Gasteiger charge is -2.57. The number of aliphatic hydroxyl groups is 1. The van der Waals surface area contributed by atoms with Gasteiger partial charge in [0.25, 0.3) is 0 Å². The van der Waals surface area contributed by atoms with Crippen LogP contribution in [0, 0.1) is 23.2 Å². The standard InChI is InChI=1S/C20H35NO3/c1-21(12-18(22)13-24-19-2-4-23-5-3-19)14-20-9-15-6-16(10-20)8-17(7-15)11-20/h15-19,22H,2-14H2,1H3. The van der Waals surface area contributed by atoms with Crippen LogP contribution < -0.4 is 0 Å². The Hall–Kier alpha value is -0.160. The maximum Gasteiger partial charge on any atom is 0.0900 e. The molecule has 4 nitrogen and oxygen atoms in total. The molecule has 4 aliphatic carbocycles. The Morgan fingerprint density at radius 2 is 1.67 bits per heavy atom. The van der Waals surface area contributed by atoms with Gasteiger partial charge in [-0.15, -0.1) is 0 Å². The zero-order chi connectivity index (χ0) is 16.6. The smallest absolute Gasteiger partial charge is 0.0900 e. The Morgan fingerprint density at radius 3 is 2.25 bits per heavy atom. The van der Waals surface area contributed by atoms with Crippen molar-refractivity contribution in [2.75, 3.05) is 40.0 Å². The van der Waals surface area contributed by atoms with E-state index in [1.165, 1.54) is 45.1 Å². The van der Waals surface area contributed by atoms with Crippen molar-refractivity contribution in [3.8, 4) is 0 Å². The van der Waals surface area contributed by atoms with Crippen molar-refractivity contribution in [3.05, 3.63) is 0 Å². The molecule has 5 aliphatic rings. The van der Waals surface area contributed by atoms with Gasteiger partial charge in [0.2, 0.25) is 0 Å². The number of hydrogen-bond acceptors (Lipinski definition) is 4. The predicted octanol–water partition coefficient (Wildman–Crippen LogP) is 2.69. The van der Waals surface area contributed by atoms with E-state index in [0.717, 1.165) is 50.4 Å². The van der Waals surface area contributed by atoms with Crippen LogP contribution in [0.5, 0.6) is 0 Å². The summed E-state index contributed by atoms with van der Waals surface area (Å²) in [5.41, 5.74) is 0.560. The van der Waals surface area contributed by atoms with Gasteiger partial charge in [0.05, 0.1) is 18.8 Å². The van der Waals surface area contributed by atoms with Crippen LogP contribution in [-0.2, 0) is 9.47 Å². The molecule has 138 valence electrons. The van der Waals surface area contributed by atoms with E-state index in [1.807, 2.05) is 0 Å². The first kappa shape index (κ1) is 17.3. The molecule has 1 saturated heterocycles. The second kappa shape index (κ2) is 7.22. The first-order valence-corrected chi connectivity index (χ1v) is 10.2. The molecule has 4 heteroatoms. The van der Waals surface area contributed by atoms with Crippen LogP contribution in [0.15, 0.2) is 0 Å². The zero-order valence-corrected chi connectivity index (χ0v) is 15.3. The number of hydrogen-bond donors (Lipinski definition) is 1. The van der Waals surface area contributed by atoms with Crippen LogP contribution in [-0.4, -0.2) is 62.2 Å². The Kier molecular flexibility index (Phi) is 5.19. The van der Waals surface area contributed by atoms with Gasteiger partial charge in [-0.2, -0.15) is 0 Å². The molecule has 0 radical (unpaired) electrons. The fourth-order valence-corrected chi connectivity index (χ4v) is 6.62. The topological polar surface area (TPSA) is 41.9 Å². The molecular weight excluding hydrogens is 302 g/mol. The fourth-order valence-electron chi connectivity index (χ4n) is 6.62. The third-order valence-electron chi connectivity index (χ3n) is 6.99. The minimum absolute atomic E-state index is 0.279. The van der Waals surface area contributed by atoms with Crippen molar-refractivity contribution in [2.24, 2.45) is 23.2 Å². The van der Waals surface area contributed by atoms with Gasteiger partial charge in [0, 0.05) is 26.3 Å². The van der Waals surface area contributed by atoms with Crippen LogP contribution in [0.1, 0.15) is 51.4 Å². The Bertz CT molecular complexity index is 386. The molecule has 0 spiro atoms. The average Bonchev–Trinajstić information content (AvgIpc) is 2.52. The number of ether oxygens (including phenoxy) is 2. The highest BCUT2D eigenvalue weighted by molar-refractivity contribution is 5.02. The fraction of sp³-hybridized carbons (Fsp3) is 1.00. The number of aliphatic hydroxyl groups excluding tert-OH is 1. The van der Waals surface area contributed by atoms with E-state index >= 15 is 0 Å². The normalized spacial score (nSPS) is 40.4. The molecule has 0 aromatic carbocycles. The molecule has 1 unspecified atom stereocenters. The van der Waals surface area contributed by atoms with Crippen molar-refractivity contribution in [1.29, 1.82) is 0 Å².